The number of nitrogen functional groups attached to an aromatic ring is 2. The zero-order chi connectivity index (χ0) is 48.3. The number of ether oxygens (including phenoxy) is 3. The SMILES string of the molecule is CC(C)COc1cc(F)cc(-c2ccc(C(=O)NS(=O)(=O)c3cccc(N)n3)c(Cl)n2)c1.CCOc1nc(-c2cc(F)cc(OCC(C)C)c2)ccc1C(=O)NS(=O)(=O)c1cccc(N)n1. The molecule has 4 heterocycles. The minimum Gasteiger partial charge on any atom is -0.493 e. The van der Waals surface area contributed by atoms with Crippen molar-refractivity contribution in [3.63, 3.8) is 0 Å². The molecule has 17 nitrogen and oxygen atoms in total. The number of sulfonamides is 2. The molecule has 2 amide bonds. The molecule has 6 rings (SSSR count). The van der Waals surface area contributed by atoms with E-state index in [1.165, 1.54) is 84.9 Å². The fourth-order valence-electron chi connectivity index (χ4n) is 5.52. The summed E-state index contributed by atoms with van der Waals surface area (Å²) in [7, 11) is -8.57. The summed E-state index contributed by atoms with van der Waals surface area (Å²) in [5.41, 5.74) is 12.1. The molecule has 348 valence electrons. The molecule has 0 spiro atoms. The van der Waals surface area contributed by atoms with Gasteiger partial charge in [0.2, 0.25) is 5.88 Å². The maximum atomic E-state index is 14.2. The van der Waals surface area contributed by atoms with E-state index >= 15 is 0 Å². The zero-order valence-corrected chi connectivity index (χ0v) is 38.5. The number of anilines is 2. The number of amides is 2. The van der Waals surface area contributed by atoms with E-state index in [1.54, 1.807) is 19.1 Å². The molecule has 6 N–H and O–H groups in total. The Labute approximate surface area is 385 Å². The van der Waals surface area contributed by atoms with Gasteiger partial charge in [-0.05, 0) is 91.6 Å². The van der Waals surface area contributed by atoms with Crippen LogP contribution in [0.15, 0.2) is 107 Å². The molecule has 0 unspecified atom stereocenters. The first-order chi connectivity index (χ1) is 31.1. The predicted octanol–water partition coefficient (Wildman–Crippen LogP) is 7.09. The third kappa shape index (κ3) is 13.8. The summed E-state index contributed by atoms with van der Waals surface area (Å²) in [5.74, 6) is -1.97. The van der Waals surface area contributed by atoms with Crippen LogP contribution in [-0.2, 0) is 20.0 Å². The topological polar surface area (TPSA) is 258 Å². The lowest BCUT2D eigenvalue weighted by atomic mass is 10.1. The highest BCUT2D eigenvalue weighted by Crippen LogP contribution is 2.30. The van der Waals surface area contributed by atoms with Crippen molar-refractivity contribution in [2.24, 2.45) is 11.8 Å². The van der Waals surface area contributed by atoms with Gasteiger partial charge in [0.25, 0.3) is 31.9 Å². The number of carbonyl (C=O) groups is 2. The molecular weight excluding hydrogens is 922 g/mol. The van der Waals surface area contributed by atoms with Crippen LogP contribution < -0.4 is 35.1 Å². The van der Waals surface area contributed by atoms with Crippen LogP contribution in [0.2, 0.25) is 5.15 Å². The van der Waals surface area contributed by atoms with Crippen molar-refractivity contribution in [1.82, 2.24) is 29.4 Å². The zero-order valence-electron chi connectivity index (χ0n) is 36.1. The van der Waals surface area contributed by atoms with Crippen molar-refractivity contribution >= 4 is 55.1 Å². The van der Waals surface area contributed by atoms with Gasteiger partial charge in [-0.1, -0.05) is 51.4 Å². The van der Waals surface area contributed by atoms with Crippen LogP contribution in [0.25, 0.3) is 22.5 Å². The normalized spacial score (nSPS) is 11.4. The Balaban J connectivity index is 0.000000248. The van der Waals surface area contributed by atoms with E-state index < -0.39 is 53.5 Å². The molecule has 0 saturated heterocycles. The monoisotopic (exact) mass is 966 g/mol. The van der Waals surface area contributed by atoms with Crippen LogP contribution in [-0.4, -0.2) is 68.4 Å². The molecule has 0 saturated carbocycles. The number of rotatable bonds is 16. The van der Waals surface area contributed by atoms with E-state index in [-0.39, 0.29) is 57.9 Å². The van der Waals surface area contributed by atoms with Gasteiger partial charge in [-0.15, -0.1) is 0 Å². The van der Waals surface area contributed by atoms with Crippen molar-refractivity contribution in [1.29, 1.82) is 0 Å². The molecule has 22 heteroatoms. The predicted molar refractivity (Wildman–Crippen MR) is 243 cm³/mol. The van der Waals surface area contributed by atoms with E-state index in [0.29, 0.717) is 41.5 Å². The molecule has 0 aliphatic carbocycles. The van der Waals surface area contributed by atoms with E-state index in [1.807, 2.05) is 37.1 Å². The van der Waals surface area contributed by atoms with Crippen molar-refractivity contribution in [3.05, 3.63) is 125 Å². The van der Waals surface area contributed by atoms with Gasteiger partial charge < -0.3 is 25.7 Å². The van der Waals surface area contributed by atoms with Crippen molar-refractivity contribution < 1.29 is 49.4 Å². The summed E-state index contributed by atoms with van der Waals surface area (Å²) in [6, 6.07) is 21.8. The number of halogens is 3. The number of nitrogens with zero attached hydrogens (tertiary/aromatic N) is 4. The molecule has 2 aromatic carbocycles. The average molecular weight is 967 g/mol. The molecule has 0 aliphatic heterocycles. The largest absolute Gasteiger partial charge is 0.493 e. The Morgan fingerprint density at radius 1 is 0.621 bits per heavy atom. The number of hydrogen-bond acceptors (Lipinski definition) is 15. The molecule has 66 heavy (non-hydrogen) atoms. The van der Waals surface area contributed by atoms with Crippen LogP contribution in [0.3, 0.4) is 0 Å². The second-order valence-electron chi connectivity index (χ2n) is 14.9. The van der Waals surface area contributed by atoms with Gasteiger partial charge in [-0.2, -0.15) is 16.8 Å². The van der Waals surface area contributed by atoms with E-state index in [4.69, 9.17) is 37.3 Å². The number of pyridine rings is 4. The first-order valence-corrected chi connectivity index (χ1v) is 23.3. The number of hydrogen-bond donors (Lipinski definition) is 4. The molecule has 0 bridgehead atoms. The van der Waals surface area contributed by atoms with Gasteiger partial charge >= 0.3 is 0 Å². The Morgan fingerprint density at radius 2 is 1.06 bits per heavy atom. The Morgan fingerprint density at radius 3 is 1.48 bits per heavy atom. The third-order valence-corrected chi connectivity index (χ3v) is 11.2. The van der Waals surface area contributed by atoms with Crippen LogP contribution in [0.5, 0.6) is 17.4 Å². The number of benzene rings is 2. The molecule has 4 aromatic heterocycles. The Bertz CT molecular complexity index is 2960. The standard InChI is InChI=1S/C23H25FN4O5S.C21H20ClFN4O4S/c1-4-32-23-18(22(29)28-34(30,31)21-7-5-6-20(25)27-21)8-9-19(26-23)15-10-16(24)12-17(11-15)33-13-14(2)3;1-12(2)11-31-15-9-13(8-14(23)10-15)17-7-6-16(20(22)25-17)21(28)27-32(29,30)19-5-3-4-18(24)26-19/h5-12,14H,4,13H2,1-3H3,(H2,25,27)(H,28,29);3-10,12H,11H2,1-2H3,(H2,24,26)(H,27,28). The van der Waals surface area contributed by atoms with Gasteiger partial charge in [0, 0.05) is 23.3 Å². The summed E-state index contributed by atoms with van der Waals surface area (Å²) in [4.78, 5) is 41.1. The van der Waals surface area contributed by atoms with Crippen LogP contribution >= 0.6 is 11.6 Å². The van der Waals surface area contributed by atoms with Crippen molar-refractivity contribution in [3.8, 4) is 39.9 Å². The summed E-state index contributed by atoms with van der Waals surface area (Å²) in [5, 5.41) is -1.08. The third-order valence-electron chi connectivity index (χ3n) is 8.48. The molecule has 0 fully saturated rings. The smallest absolute Gasteiger partial charge is 0.281 e. The summed E-state index contributed by atoms with van der Waals surface area (Å²) < 4.78 is 98.5. The maximum absolute atomic E-state index is 14.2. The number of nitrogens with two attached hydrogens (primary N) is 2. The number of carbonyl (C=O) groups excluding carboxylic acids is 2. The van der Waals surface area contributed by atoms with Crippen LogP contribution in [0, 0.1) is 23.5 Å². The Kier molecular flexibility index (Phi) is 16.5. The van der Waals surface area contributed by atoms with E-state index in [2.05, 4.69) is 19.9 Å². The van der Waals surface area contributed by atoms with Crippen LogP contribution in [0.1, 0.15) is 55.3 Å². The Hall–Kier alpha value is -6.97. The lowest BCUT2D eigenvalue weighted by molar-refractivity contribution is 0.0969. The average Bonchev–Trinajstić information content (AvgIpc) is 3.24. The quantitative estimate of drug-likeness (QED) is 0.0706. The van der Waals surface area contributed by atoms with Gasteiger partial charge in [-0.3, -0.25) is 9.59 Å². The first kappa shape index (κ1) is 50.0. The molecular formula is C44H45ClF2N8O9S2. The van der Waals surface area contributed by atoms with Crippen molar-refractivity contribution in [2.75, 3.05) is 31.3 Å². The number of nitrogens with one attached hydrogen (secondary N) is 2. The highest BCUT2D eigenvalue weighted by atomic mass is 35.5. The molecule has 0 atom stereocenters. The van der Waals surface area contributed by atoms with Crippen molar-refractivity contribution in [2.45, 2.75) is 44.7 Å². The molecule has 6 aromatic rings. The summed E-state index contributed by atoms with van der Waals surface area (Å²) in [6.07, 6.45) is 0. The van der Waals surface area contributed by atoms with Gasteiger partial charge in [0.1, 0.15) is 45.5 Å². The summed E-state index contributed by atoms with van der Waals surface area (Å²) in [6.45, 7) is 10.5. The highest BCUT2D eigenvalue weighted by Gasteiger charge is 2.25. The van der Waals surface area contributed by atoms with Gasteiger partial charge in [0.05, 0.1) is 36.8 Å². The number of aromatic nitrogens is 4. The summed E-state index contributed by atoms with van der Waals surface area (Å²) >= 11 is 6.13. The van der Waals surface area contributed by atoms with Gasteiger partial charge in [0.15, 0.2) is 10.1 Å². The minimum atomic E-state index is -4.29. The first-order valence-electron chi connectivity index (χ1n) is 19.9. The van der Waals surface area contributed by atoms with Gasteiger partial charge in [-0.25, -0.2) is 38.2 Å². The van der Waals surface area contributed by atoms with Crippen LogP contribution in [0.4, 0.5) is 20.4 Å². The fraction of sp³-hybridized carbons (Fsp3) is 0.227. The van der Waals surface area contributed by atoms with E-state index in [9.17, 15) is 35.2 Å². The van der Waals surface area contributed by atoms with E-state index in [0.717, 1.165) is 0 Å². The maximum Gasteiger partial charge on any atom is 0.281 e. The molecule has 0 aliphatic rings. The lowest BCUT2D eigenvalue weighted by Crippen LogP contribution is -2.31. The lowest BCUT2D eigenvalue weighted by Gasteiger charge is -2.13. The molecule has 0 radical (unpaired) electrons. The fourth-order valence-corrected chi connectivity index (χ4v) is 7.64. The minimum absolute atomic E-state index is 0.0109. The second kappa shape index (κ2) is 21.8. The highest BCUT2D eigenvalue weighted by molar-refractivity contribution is 7.90. The second-order valence-corrected chi connectivity index (χ2v) is 18.6.